The summed E-state index contributed by atoms with van der Waals surface area (Å²) in [5.74, 6) is 1.04. The highest BCUT2D eigenvalue weighted by molar-refractivity contribution is 7.11. The van der Waals surface area contributed by atoms with Crippen LogP contribution in [0.4, 0.5) is 4.79 Å². The van der Waals surface area contributed by atoms with Gasteiger partial charge in [0.2, 0.25) is 5.88 Å². The quantitative estimate of drug-likeness (QED) is 0.843. The number of hydrogen-bond acceptors (Lipinski definition) is 5. The maximum atomic E-state index is 12.3. The molecule has 1 atom stereocenters. The molecule has 1 aliphatic rings. The normalized spacial score (nSPS) is 15.0. The largest absolute Gasteiger partial charge is 0.481 e. The summed E-state index contributed by atoms with van der Waals surface area (Å²) >= 11 is 1.64. The third kappa shape index (κ3) is 4.03. The fourth-order valence-electron chi connectivity index (χ4n) is 2.57. The molecular weight excluding hydrogens is 324 g/mol. The van der Waals surface area contributed by atoms with Crippen LogP contribution in [0.15, 0.2) is 18.3 Å². The molecule has 128 valence electrons. The molecule has 0 bridgehead atoms. The van der Waals surface area contributed by atoms with Crippen molar-refractivity contribution in [1.29, 1.82) is 0 Å². The Morgan fingerprint density at radius 2 is 2.21 bits per heavy atom. The number of carbonyl (C=O) groups is 1. The molecule has 2 amide bonds. The van der Waals surface area contributed by atoms with Gasteiger partial charge in [0.25, 0.3) is 0 Å². The first-order valence-electron chi connectivity index (χ1n) is 8.04. The number of aryl methyl sites for hydroxylation is 2. The van der Waals surface area contributed by atoms with Crippen LogP contribution in [0, 0.1) is 19.8 Å². The zero-order valence-electron chi connectivity index (χ0n) is 14.1. The molecule has 1 saturated carbocycles. The minimum Gasteiger partial charge on any atom is -0.481 e. The molecule has 2 heterocycles. The lowest BCUT2D eigenvalue weighted by atomic mass is 10.2. The predicted octanol–water partition coefficient (Wildman–Crippen LogP) is 3.11. The molecule has 0 radical (unpaired) electrons. The summed E-state index contributed by atoms with van der Waals surface area (Å²) in [4.78, 5) is 22.2. The number of nitrogens with one attached hydrogen (secondary N) is 2. The maximum Gasteiger partial charge on any atom is 0.315 e. The molecule has 6 nitrogen and oxygen atoms in total. The molecule has 0 aromatic carbocycles. The average molecular weight is 346 g/mol. The van der Waals surface area contributed by atoms with Gasteiger partial charge in [-0.1, -0.05) is 6.07 Å². The van der Waals surface area contributed by atoms with Gasteiger partial charge in [-0.3, -0.25) is 0 Å². The van der Waals surface area contributed by atoms with Gasteiger partial charge in [-0.15, -0.1) is 11.3 Å². The summed E-state index contributed by atoms with van der Waals surface area (Å²) in [5.41, 5.74) is 1.74. The monoisotopic (exact) mass is 346 g/mol. The second-order valence-electron chi connectivity index (χ2n) is 6.07. The van der Waals surface area contributed by atoms with Gasteiger partial charge in [0.1, 0.15) is 5.01 Å². The highest BCUT2D eigenvalue weighted by atomic mass is 32.1. The van der Waals surface area contributed by atoms with E-state index < -0.39 is 0 Å². The summed E-state index contributed by atoms with van der Waals surface area (Å²) in [5, 5.41) is 6.94. The van der Waals surface area contributed by atoms with Crippen LogP contribution in [0.3, 0.4) is 0 Å². The van der Waals surface area contributed by atoms with Crippen LogP contribution in [0.1, 0.15) is 40.0 Å². The number of aromatic nitrogens is 2. The number of carbonyl (C=O) groups excluding carboxylic acids is 1. The van der Waals surface area contributed by atoms with E-state index in [9.17, 15) is 4.79 Å². The summed E-state index contributed by atoms with van der Waals surface area (Å²) in [6.07, 6.45) is 4.14. The third-order valence-corrected chi connectivity index (χ3v) is 4.99. The van der Waals surface area contributed by atoms with Crippen LogP contribution in [0.2, 0.25) is 0 Å². The minimum absolute atomic E-state index is 0.00161. The van der Waals surface area contributed by atoms with Gasteiger partial charge in [0.15, 0.2) is 0 Å². The van der Waals surface area contributed by atoms with Crippen molar-refractivity contribution in [2.24, 2.45) is 5.92 Å². The Hall–Kier alpha value is -2.15. The van der Waals surface area contributed by atoms with E-state index in [1.165, 1.54) is 0 Å². The van der Waals surface area contributed by atoms with Crippen LogP contribution in [0.25, 0.3) is 0 Å². The van der Waals surface area contributed by atoms with E-state index in [-0.39, 0.29) is 12.1 Å². The van der Waals surface area contributed by atoms with E-state index in [0.717, 1.165) is 34.0 Å². The lowest BCUT2D eigenvalue weighted by Crippen LogP contribution is -2.38. The van der Waals surface area contributed by atoms with E-state index in [1.807, 2.05) is 32.2 Å². The highest BCUT2D eigenvalue weighted by Crippen LogP contribution is 2.41. The van der Waals surface area contributed by atoms with E-state index in [2.05, 4.69) is 20.6 Å². The van der Waals surface area contributed by atoms with E-state index in [1.54, 1.807) is 18.4 Å². The van der Waals surface area contributed by atoms with Crippen molar-refractivity contribution >= 4 is 17.4 Å². The van der Waals surface area contributed by atoms with Gasteiger partial charge in [-0.25, -0.2) is 14.8 Å². The third-order valence-electron chi connectivity index (χ3n) is 4.00. The standard InChI is InChI=1S/C17H22N4O2S/c1-10-4-5-13(15(20-10)23-3)9-19-17(22)21-14(12-6-7-12)16-18-8-11(2)24-16/h4-5,8,12,14H,6-7,9H2,1-3H3,(H2,19,21,22)/t14-/m1/s1. The minimum atomic E-state index is -0.192. The van der Waals surface area contributed by atoms with Crippen LogP contribution in [-0.4, -0.2) is 23.1 Å². The number of ether oxygens (including phenoxy) is 1. The Labute approximate surface area is 145 Å². The second-order valence-corrected chi connectivity index (χ2v) is 7.34. The van der Waals surface area contributed by atoms with Crippen LogP contribution in [0.5, 0.6) is 5.88 Å². The van der Waals surface area contributed by atoms with Crippen molar-refractivity contribution in [2.75, 3.05) is 7.11 Å². The van der Waals surface area contributed by atoms with Gasteiger partial charge in [0.05, 0.1) is 13.2 Å². The Morgan fingerprint density at radius 3 is 2.83 bits per heavy atom. The smallest absolute Gasteiger partial charge is 0.315 e. The van der Waals surface area contributed by atoms with Gasteiger partial charge in [-0.05, 0) is 38.7 Å². The van der Waals surface area contributed by atoms with Crippen molar-refractivity contribution in [2.45, 2.75) is 39.3 Å². The lowest BCUT2D eigenvalue weighted by Gasteiger charge is -2.17. The average Bonchev–Trinajstić information content (AvgIpc) is 3.32. The topological polar surface area (TPSA) is 76.1 Å². The second kappa shape index (κ2) is 7.17. The van der Waals surface area contributed by atoms with Crippen LogP contribution in [-0.2, 0) is 6.54 Å². The number of hydrogen-bond donors (Lipinski definition) is 2. The Morgan fingerprint density at radius 1 is 1.42 bits per heavy atom. The zero-order valence-corrected chi connectivity index (χ0v) is 14.9. The number of rotatable bonds is 6. The van der Waals surface area contributed by atoms with Crippen LogP contribution >= 0.6 is 11.3 Å². The Kier molecular flexibility index (Phi) is 4.99. The van der Waals surface area contributed by atoms with Crippen molar-refractivity contribution in [1.82, 2.24) is 20.6 Å². The molecule has 3 rings (SSSR count). The van der Waals surface area contributed by atoms with Gasteiger partial charge in [0, 0.05) is 28.9 Å². The first-order chi connectivity index (χ1) is 11.6. The first kappa shape index (κ1) is 16.7. The number of pyridine rings is 1. The summed E-state index contributed by atoms with van der Waals surface area (Å²) < 4.78 is 5.27. The maximum absolute atomic E-state index is 12.3. The number of thiazole rings is 1. The number of amides is 2. The fourth-order valence-corrected chi connectivity index (χ4v) is 3.49. The van der Waals surface area contributed by atoms with Crippen molar-refractivity contribution in [3.8, 4) is 5.88 Å². The summed E-state index contributed by atoms with van der Waals surface area (Å²) in [6.45, 7) is 4.31. The SMILES string of the molecule is COc1nc(C)ccc1CNC(=O)N[C@@H](c1ncc(C)s1)C1CC1. The van der Waals surface area contributed by atoms with E-state index in [0.29, 0.717) is 18.3 Å². The van der Waals surface area contributed by atoms with Gasteiger partial charge >= 0.3 is 6.03 Å². The fraction of sp³-hybridized carbons (Fsp3) is 0.471. The van der Waals surface area contributed by atoms with Crippen molar-refractivity contribution < 1.29 is 9.53 Å². The molecule has 0 aliphatic heterocycles. The highest BCUT2D eigenvalue weighted by Gasteiger charge is 2.35. The number of urea groups is 1. The molecule has 1 fully saturated rings. The molecule has 0 unspecified atom stereocenters. The molecule has 2 aromatic rings. The van der Waals surface area contributed by atoms with Crippen LogP contribution < -0.4 is 15.4 Å². The molecular formula is C17H22N4O2S. The number of methoxy groups -OCH3 is 1. The summed E-state index contributed by atoms with van der Waals surface area (Å²) in [7, 11) is 1.58. The molecule has 0 spiro atoms. The Balaban J connectivity index is 1.60. The van der Waals surface area contributed by atoms with Crippen molar-refractivity contribution in [3.63, 3.8) is 0 Å². The molecule has 1 aliphatic carbocycles. The first-order valence-corrected chi connectivity index (χ1v) is 8.85. The summed E-state index contributed by atoms with van der Waals surface area (Å²) in [6, 6.07) is 3.64. The molecule has 2 N–H and O–H groups in total. The molecule has 7 heteroatoms. The van der Waals surface area contributed by atoms with E-state index in [4.69, 9.17) is 4.74 Å². The van der Waals surface area contributed by atoms with Gasteiger partial charge in [-0.2, -0.15) is 0 Å². The van der Waals surface area contributed by atoms with E-state index >= 15 is 0 Å². The molecule has 2 aromatic heterocycles. The molecule has 24 heavy (non-hydrogen) atoms. The molecule has 0 saturated heterocycles. The Bertz CT molecular complexity index is 727. The predicted molar refractivity (Wildman–Crippen MR) is 93.2 cm³/mol. The lowest BCUT2D eigenvalue weighted by molar-refractivity contribution is 0.235. The zero-order chi connectivity index (χ0) is 17.1. The van der Waals surface area contributed by atoms with Crippen molar-refractivity contribution in [3.05, 3.63) is 39.5 Å². The number of nitrogens with zero attached hydrogens (tertiary/aromatic N) is 2. The van der Waals surface area contributed by atoms with Gasteiger partial charge < -0.3 is 15.4 Å².